The van der Waals surface area contributed by atoms with Crippen LogP contribution in [-0.2, 0) is 0 Å². The number of aliphatic hydroxyl groups is 2. The Kier molecular flexibility index (Phi) is 4.68. The first-order valence-electron chi connectivity index (χ1n) is 4.92. The van der Waals surface area contributed by atoms with Gasteiger partial charge in [-0.05, 0) is 24.6 Å². The van der Waals surface area contributed by atoms with Gasteiger partial charge in [0.1, 0.15) is 5.82 Å². The number of benzene rings is 1. The first-order chi connectivity index (χ1) is 7.09. The van der Waals surface area contributed by atoms with E-state index in [0.29, 0.717) is 18.7 Å². The quantitative estimate of drug-likeness (QED) is 0.679. The molecule has 1 rings (SSSR count). The molecule has 0 radical (unpaired) electrons. The van der Waals surface area contributed by atoms with Crippen molar-refractivity contribution >= 4 is 0 Å². The zero-order chi connectivity index (χ0) is 11.3. The van der Waals surface area contributed by atoms with Crippen LogP contribution in [0.15, 0.2) is 24.3 Å². The highest BCUT2D eigenvalue weighted by Crippen LogP contribution is 2.12. The summed E-state index contributed by atoms with van der Waals surface area (Å²) in [5.74, 6) is -0.317. The molecule has 0 aliphatic carbocycles. The lowest BCUT2D eigenvalue weighted by Gasteiger charge is -2.13. The SMILES string of the molecule is CC(O)CNCC(O)c1ccc(F)cc1. The van der Waals surface area contributed by atoms with Gasteiger partial charge in [0.25, 0.3) is 0 Å². The summed E-state index contributed by atoms with van der Waals surface area (Å²) < 4.78 is 12.6. The minimum Gasteiger partial charge on any atom is -0.392 e. The molecule has 0 aliphatic rings. The maximum Gasteiger partial charge on any atom is 0.123 e. The molecule has 0 saturated carbocycles. The molecule has 2 unspecified atom stereocenters. The Balaban J connectivity index is 2.40. The van der Waals surface area contributed by atoms with Gasteiger partial charge in [-0.1, -0.05) is 12.1 Å². The van der Waals surface area contributed by atoms with Gasteiger partial charge in [-0.15, -0.1) is 0 Å². The largest absolute Gasteiger partial charge is 0.392 e. The van der Waals surface area contributed by atoms with Crippen molar-refractivity contribution in [2.24, 2.45) is 0 Å². The lowest BCUT2D eigenvalue weighted by atomic mass is 10.1. The number of rotatable bonds is 5. The molecule has 4 heteroatoms. The molecule has 0 heterocycles. The van der Waals surface area contributed by atoms with Crippen LogP contribution in [0.2, 0.25) is 0 Å². The van der Waals surface area contributed by atoms with Gasteiger partial charge in [0.15, 0.2) is 0 Å². The van der Waals surface area contributed by atoms with E-state index < -0.39 is 12.2 Å². The van der Waals surface area contributed by atoms with Crippen molar-refractivity contribution in [3.8, 4) is 0 Å². The molecule has 1 aromatic rings. The maximum atomic E-state index is 12.6. The Morgan fingerprint density at radius 3 is 2.33 bits per heavy atom. The molecule has 15 heavy (non-hydrogen) atoms. The van der Waals surface area contributed by atoms with Gasteiger partial charge in [-0.3, -0.25) is 0 Å². The molecule has 1 aromatic carbocycles. The summed E-state index contributed by atoms with van der Waals surface area (Å²) in [5.41, 5.74) is 0.662. The third kappa shape index (κ3) is 4.38. The van der Waals surface area contributed by atoms with Crippen LogP contribution in [0.1, 0.15) is 18.6 Å². The molecule has 84 valence electrons. The molecule has 0 amide bonds. The van der Waals surface area contributed by atoms with Crippen LogP contribution in [0, 0.1) is 5.82 Å². The summed E-state index contributed by atoms with van der Waals surface area (Å²) in [6.45, 7) is 2.44. The van der Waals surface area contributed by atoms with Crippen molar-refractivity contribution in [3.05, 3.63) is 35.6 Å². The van der Waals surface area contributed by atoms with Crippen LogP contribution in [0.25, 0.3) is 0 Å². The second kappa shape index (κ2) is 5.80. The molecule has 0 aromatic heterocycles. The predicted octanol–water partition coefficient (Wildman–Crippen LogP) is 0.830. The first kappa shape index (κ1) is 12.1. The fourth-order valence-corrected chi connectivity index (χ4v) is 1.23. The van der Waals surface area contributed by atoms with Crippen molar-refractivity contribution < 1.29 is 14.6 Å². The van der Waals surface area contributed by atoms with Gasteiger partial charge in [0, 0.05) is 13.1 Å². The number of hydrogen-bond acceptors (Lipinski definition) is 3. The molecule has 0 saturated heterocycles. The van der Waals surface area contributed by atoms with Crippen LogP contribution in [-0.4, -0.2) is 29.4 Å². The summed E-state index contributed by atoms with van der Waals surface area (Å²) >= 11 is 0. The third-order valence-corrected chi connectivity index (χ3v) is 2.03. The smallest absolute Gasteiger partial charge is 0.123 e. The zero-order valence-electron chi connectivity index (χ0n) is 8.65. The molecule has 3 nitrogen and oxygen atoms in total. The van der Waals surface area contributed by atoms with E-state index in [4.69, 9.17) is 5.11 Å². The fraction of sp³-hybridized carbons (Fsp3) is 0.455. The minimum atomic E-state index is -0.677. The monoisotopic (exact) mass is 213 g/mol. The Morgan fingerprint density at radius 2 is 1.80 bits per heavy atom. The van der Waals surface area contributed by atoms with Crippen LogP contribution in [0.3, 0.4) is 0 Å². The molecule has 0 spiro atoms. The fourth-order valence-electron chi connectivity index (χ4n) is 1.23. The molecule has 0 aliphatic heterocycles. The summed E-state index contributed by atoms with van der Waals surface area (Å²) in [7, 11) is 0. The van der Waals surface area contributed by atoms with Crippen molar-refractivity contribution in [2.45, 2.75) is 19.1 Å². The Bertz CT molecular complexity index is 287. The lowest BCUT2D eigenvalue weighted by Crippen LogP contribution is -2.28. The highest BCUT2D eigenvalue weighted by molar-refractivity contribution is 5.18. The first-order valence-corrected chi connectivity index (χ1v) is 4.92. The highest BCUT2D eigenvalue weighted by Gasteiger charge is 2.07. The number of hydrogen-bond donors (Lipinski definition) is 3. The van der Waals surface area contributed by atoms with Crippen LogP contribution >= 0.6 is 0 Å². The highest BCUT2D eigenvalue weighted by atomic mass is 19.1. The van der Waals surface area contributed by atoms with Gasteiger partial charge >= 0.3 is 0 Å². The van der Waals surface area contributed by atoms with E-state index >= 15 is 0 Å². The Hall–Kier alpha value is -0.970. The van der Waals surface area contributed by atoms with E-state index in [-0.39, 0.29) is 5.82 Å². The van der Waals surface area contributed by atoms with Crippen molar-refractivity contribution in [3.63, 3.8) is 0 Å². The Morgan fingerprint density at radius 1 is 1.20 bits per heavy atom. The summed E-state index contributed by atoms with van der Waals surface area (Å²) in [4.78, 5) is 0. The van der Waals surface area contributed by atoms with Crippen LogP contribution in [0.5, 0.6) is 0 Å². The van der Waals surface area contributed by atoms with E-state index in [2.05, 4.69) is 5.32 Å². The van der Waals surface area contributed by atoms with E-state index in [1.54, 1.807) is 19.1 Å². The van der Waals surface area contributed by atoms with Gasteiger partial charge in [-0.25, -0.2) is 4.39 Å². The molecule has 3 N–H and O–H groups in total. The molecular formula is C11H16FNO2. The van der Waals surface area contributed by atoms with Crippen molar-refractivity contribution in [2.75, 3.05) is 13.1 Å². The second-order valence-electron chi connectivity index (χ2n) is 3.57. The minimum absolute atomic E-state index is 0.317. The van der Waals surface area contributed by atoms with Crippen LogP contribution < -0.4 is 5.32 Å². The number of aliphatic hydroxyl groups excluding tert-OH is 2. The van der Waals surface area contributed by atoms with Gasteiger partial charge < -0.3 is 15.5 Å². The normalized spacial score (nSPS) is 14.9. The number of halogens is 1. The Labute approximate surface area is 88.6 Å². The summed E-state index contributed by atoms with van der Waals surface area (Å²) in [6.07, 6.45) is -1.12. The average Bonchev–Trinajstić information content (AvgIpc) is 2.18. The van der Waals surface area contributed by atoms with Crippen LogP contribution in [0.4, 0.5) is 4.39 Å². The topological polar surface area (TPSA) is 52.5 Å². The lowest BCUT2D eigenvalue weighted by molar-refractivity contribution is 0.155. The van der Waals surface area contributed by atoms with Gasteiger partial charge in [0.05, 0.1) is 12.2 Å². The van der Waals surface area contributed by atoms with E-state index in [1.165, 1.54) is 12.1 Å². The standard InChI is InChI=1S/C11H16FNO2/c1-8(14)6-13-7-11(15)9-2-4-10(12)5-3-9/h2-5,8,11,13-15H,6-7H2,1H3. The molecular weight excluding hydrogens is 197 g/mol. The van der Waals surface area contributed by atoms with Crippen molar-refractivity contribution in [1.29, 1.82) is 0 Å². The molecule has 0 bridgehead atoms. The predicted molar refractivity (Wildman–Crippen MR) is 55.9 cm³/mol. The maximum absolute atomic E-state index is 12.6. The van der Waals surface area contributed by atoms with E-state index in [0.717, 1.165) is 0 Å². The second-order valence-corrected chi connectivity index (χ2v) is 3.57. The molecule has 2 atom stereocenters. The average molecular weight is 213 g/mol. The summed E-state index contributed by atoms with van der Waals surface area (Å²) in [5, 5.41) is 21.5. The van der Waals surface area contributed by atoms with Crippen molar-refractivity contribution in [1.82, 2.24) is 5.32 Å². The molecule has 0 fully saturated rings. The van der Waals surface area contributed by atoms with E-state index in [9.17, 15) is 9.50 Å². The van der Waals surface area contributed by atoms with Gasteiger partial charge in [-0.2, -0.15) is 0 Å². The van der Waals surface area contributed by atoms with E-state index in [1.807, 2.05) is 0 Å². The third-order valence-electron chi connectivity index (χ3n) is 2.03. The zero-order valence-corrected chi connectivity index (χ0v) is 8.65. The summed E-state index contributed by atoms with van der Waals surface area (Å²) in [6, 6.07) is 5.72. The van der Waals surface area contributed by atoms with Gasteiger partial charge in [0.2, 0.25) is 0 Å². The number of nitrogens with one attached hydrogen (secondary N) is 1.